The van der Waals surface area contributed by atoms with Gasteiger partial charge in [0.15, 0.2) is 0 Å². The van der Waals surface area contributed by atoms with Crippen LogP contribution >= 0.6 is 0 Å². The zero-order valence-electron chi connectivity index (χ0n) is 12.4. The van der Waals surface area contributed by atoms with Gasteiger partial charge >= 0.3 is 0 Å². The molecule has 19 heavy (non-hydrogen) atoms. The molecule has 5 heteroatoms. The number of aryl methyl sites for hydroxylation is 1. The Labute approximate surface area is 115 Å². The number of nitrogens with zero attached hydrogens (tertiary/aromatic N) is 4. The van der Waals surface area contributed by atoms with Crippen molar-refractivity contribution in [2.75, 3.05) is 26.7 Å². The Balaban J connectivity index is 0.000000637. The quantitative estimate of drug-likeness (QED) is 0.769. The van der Waals surface area contributed by atoms with Crippen LogP contribution in [0.4, 0.5) is 0 Å². The number of likely N-dealkylation sites (N-methyl/N-ethyl adjacent to an activating group) is 1. The number of hydrogen-bond donors (Lipinski definition) is 0. The lowest BCUT2D eigenvalue weighted by atomic mass is 9.83. The van der Waals surface area contributed by atoms with Crippen molar-refractivity contribution >= 4 is 5.91 Å². The molecule has 2 fully saturated rings. The minimum atomic E-state index is 0.107. The van der Waals surface area contributed by atoms with Crippen LogP contribution in [0.1, 0.15) is 37.2 Å². The van der Waals surface area contributed by atoms with E-state index in [4.69, 9.17) is 0 Å². The molecule has 1 spiro atoms. The summed E-state index contributed by atoms with van der Waals surface area (Å²) in [7, 11) is 3.94. The smallest absolute Gasteiger partial charge is 0.272 e. The average molecular weight is 264 g/mol. The van der Waals surface area contributed by atoms with Crippen LogP contribution in [0.2, 0.25) is 0 Å². The van der Waals surface area contributed by atoms with E-state index in [0.717, 1.165) is 32.5 Å². The Morgan fingerprint density at radius 1 is 1.26 bits per heavy atom. The minimum Gasteiger partial charge on any atom is -0.330 e. The van der Waals surface area contributed by atoms with Gasteiger partial charge in [0.2, 0.25) is 0 Å². The minimum absolute atomic E-state index is 0.107. The number of amides is 1. The lowest BCUT2D eigenvalue weighted by molar-refractivity contribution is 0.00238. The van der Waals surface area contributed by atoms with Gasteiger partial charge in [-0.2, -0.15) is 5.10 Å². The molecule has 0 N–H and O–H groups in total. The predicted octanol–water partition coefficient (Wildman–Crippen LogP) is 1.37. The van der Waals surface area contributed by atoms with Gasteiger partial charge in [0.1, 0.15) is 5.69 Å². The first kappa shape index (κ1) is 14.1. The number of carbonyl (C=O) groups is 1. The maximum atomic E-state index is 12.4. The highest BCUT2D eigenvalue weighted by Crippen LogP contribution is 2.39. The zero-order chi connectivity index (χ0) is 14.0. The fourth-order valence-corrected chi connectivity index (χ4v) is 3.06. The van der Waals surface area contributed by atoms with E-state index in [2.05, 4.69) is 17.0 Å². The first-order valence-electron chi connectivity index (χ1n) is 7.11. The summed E-state index contributed by atoms with van der Waals surface area (Å²) in [6, 6.07) is 1.80. The van der Waals surface area contributed by atoms with Crippen LogP contribution < -0.4 is 0 Å². The summed E-state index contributed by atoms with van der Waals surface area (Å²) >= 11 is 0. The molecular weight excluding hydrogens is 240 g/mol. The molecule has 1 aromatic rings. The maximum absolute atomic E-state index is 12.4. The molecule has 0 radical (unpaired) electrons. The molecule has 2 aliphatic rings. The van der Waals surface area contributed by atoms with Crippen molar-refractivity contribution in [3.8, 4) is 0 Å². The van der Waals surface area contributed by atoms with Crippen LogP contribution in [-0.4, -0.2) is 57.7 Å². The predicted molar refractivity (Wildman–Crippen MR) is 75.1 cm³/mol. The first-order valence-corrected chi connectivity index (χ1v) is 7.11. The van der Waals surface area contributed by atoms with E-state index in [1.54, 1.807) is 16.9 Å². The summed E-state index contributed by atoms with van der Waals surface area (Å²) in [5, 5.41) is 4.07. The summed E-state index contributed by atoms with van der Waals surface area (Å²) < 4.78 is 1.66. The van der Waals surface area contributed by atoms with Crippen molar-refractivity contribution < 1.29 is 4.79 Å². The maximum Gasteiger partial charge on any atom is 0.272 e. The number of carbonyl (C=O) groups excluding carboxylic acids is 1. The second-order valence-electron chi connectivity index (χ2n) is 5.26. The summed E-state index contributed by atoms with van der Waals surface area (Å²) in [4.78, 5) is 16.8. The third-order valence-electron chi connectivity index (χ3n) is 4.18. The summed E-state index contributed by atoms with van der Waals surface area (Å²) in [5.74, 6) is 0.131. The third-order valence-corrected chi connectivity index (χ3v) is 4.18. The Morgan fingerprint density at radius 2 is 1.95 bits per heavy atom. The summed E-state index contributed by atoms with van der Waals surface area (Å²) in [6.45, 7) is 6.99. The highest BCUT2D eigenvalue weighted by molar-refractivity contribution is 5.93. The number of hydrogen-bond acceptors (Lipinski definition) is 3. The van der Waals surface area contributed by atoms with E-state index in [1.165, 1.54) is 0 Å². The SMILES string of the molecule is CC.CN1CCC2(CCN2C(=O)c2ccnn2C)C1. The molecule has 2 aliphatic heterocycles. The van der Waals surface area contributed by atoms with E-state index in [0.29, 0.717) is 5.69 Å². The highest BCUT2D eigenvalue weighted by atomic mass is 16.2. The van der Waals surface area contributed by atoms with Crippen LogP contribution in [0.5, 0.6) is 0 Å². The normalized spacial score (nSPS) is 26.0. The summed E-state index contributed by atoms with van der Waals surface area (Å²) in [6.07, 6.45) is 3.93. The molecule has 3 rings (SSSR count). The fourth-order valence-electron chi connectivity index (χ4n) is 3.06. The third kappa shape index (κ3) is 2.27. The van der Waals surface area contributed by atoms with Crippen molar-refractivity contribution in [2.24, 2.45) is 7.05 Å². The second kappa shape index (κ2) is 5.33. The van der Waals surface area contributed by atoms with Gasteiger partial charge in [-0.1, -0.05) is 13.8 Å². The molecule has 0 aliphatic carbocycles. The van der Waals surface area contributed by atoms with Gasteiger partial charge in [0.05, 0.1) is 5.54 Å². The van der Waals surface area contributed by atoms with E-state index >= 15 is 0 Å². The van der Waals surface area contributed by atoms with Crippen LogP contribution in [0.15, 0.2) is 12.3 Å². The van der Waals surface area contributed by atoms with Gasteiger partial charge in [0, 0.05) is 32.9 Å². The van der Waals surface area contributed by atoms with Gasteiger partial charge in [-0.25, -0.2) is 0 Å². The van der Waals surface area contributed by atoms with Crippen LogP contribution in [0.3, 0.4) is 0 Å². The second-order valence-corrected chi connectivity index (χ2v) is 5.26. The molecule has 1 amide bonds. The standard InChI is InChI=1S/C12H18N4O.C2H6/c1-14-7-4-12(9-14)5-8-16(12)11(17)10-3-6-13-15(10)2;1-2/h3,6H,4-5,7-9H2,1-2H3;1-2H3. The molecule has 1 unspecified atom stereocenters. The molecule has 5 nitrogen and oxygen atoms in total. The number of likely N-dealkylation sites (tertiary alicyclic amines) is 2. The zero-order valence-corrected chi connectivity index (χ0v) is 12.4. The van der Waals surface area contributed by atoms with Crippen LogP contribution in [0.25, 0.3) is 0 Å². The van der Waals surface area contributed by atoms with E-state index in [1.807, 2.05) is 25.8 Å². The van der Waals surface area contributed by atoms with E-state index in [9.17, 15) is 4.79 Å². The van der Waals surface area contributed by atoms with Gasteiger partial charge in [-0.15, -0.1) is 0 Å². The monoisotopic (exact) mass is 264 g/mol. The van der Waals surface area contributed by atoms with Crippen molar-refractivity contribution in [1.29, 1.82) is 0 Å². The lowest BCUT2D eigenvalue weighted by Crippen LogP contribution is -2.63. The van der Waals surface area contributed by atoms with E-state index in [-0.39, 0.29) is 11.4 Å². The lowest BCUT2D eigenvalue weighted by Gasteiger charge is -2.50. The fraction of sp³-hybridized carbons (Fsp3) is 0.714. The first-order chi connectivity index (χ1) is 9.12. The van der Waals surface area contributed by atoms with Crippen LogP contribution in [-0.2, 0) is 7.05 Å². The molecule has 1 aromatic heterocycles. The van der Waals surface area contributed by atoms with Crippen molar-refractivity contribution in [1.82, 2.24) is 19.6 Å². The molecule has 106 valence electrons. The van der Waals surface area contributed by atoms with Gasteiger partial charge in [-0.3, -0.25) is 9.48 Å². The molecular formula is C14H24N4O. The highest BCUT2D eigenvalue weighted by Gasteiger charge is 2.51. The molecule has 1 atom stereocenters. The van der Waals surface area contributed by atoms with Gasteiger partial charge in [-0.05, 0) is 26.0 Å². The largest absolute Gasteiger partial charge is 0.330 e. The average Bonchev–Trinajstić information content (AvgIpc) is 2.98. The molecule has 2 saturated heterocycles. The topological polar surface area (TPSA) is 41.4 Å². The Kier molecular flexibility index (Phi) is 3.94. The summed E-state index contributed by atoms with van der Waals surface area (Å²) in [5.41, 5.74) is 0.800. The van der Waals surface area contributed by atoms with Crippen molar-refractivity contribution in [3.63, 3.8) is 0 Å². The van der Waals surface area contributed by atoms with E-state index < -0.39 is 0 Å². The van der Waals surface area contributed by atoms with Crippen LogP contribution in [0, 0.1) is 0 Å². The number of rotatable bonds is 1. The Morgan fingerprint density at radius 3 is 2.37 bits per heavy atom. The molecule has 3 heterocycles. The molecule has 0 saturated carbocycles. The number of aromatic nitrogens is 2. The Bertz CT molecular complexity index is 456. The van der Waals surface area contributed by atoms with Crippen molar-refractivity contribution in [2.45, 2.75) is 32.2 Å². The van der Waals surface area contributed by atoms with Gasteiger partial charge in [0.25, 0.3) is 5.91 Å². The molecule has 0 bridgehead atoms. The Hall–Kier alpha value is -1.36. The van der Waals surface area contributed by atoms with Gasteiger partial charge < -0.3 is 9.80 Å². The van der Waals surface area contributed by atoms with Crippen molar-refractivity contribution in [3.05, 3.63) is 18.0 Å². The molecule has 0 aromatic carbocycles.